The van der Waals surface area contributed by atoms with Crippen LogP contribution in [0.1, 0.15) is 59.1 Å². The number of nitrogens with one attached hydrogen (secondary N) is 1. The van der Waals surface area contributed by atoms with E-state index in [0.29, 0.717) is 0 Å². The van der Waals surface area contributed by atoms with Crippen LogP contribution in [-0.2, 0) is 15.6 Å². The molecule has 2 N–H and O–H groups in total. The monoisotopic (exact) mass is 291 g/mol. The number of benzene rings is 1. The SMILES string of the molecule is CC[C@@H](CO)NC(=O)C(C)(C)c1ccc(C(C)(C)C)cc1. The lowest BCUT2D eigenvalue weighted by Gasteiger charge is -2.28. The van der Waals surface area contributed by atoms with Gasteiger partial charge in [0.2, 0.25) is 5.91 Å². The highest BCUT2D eigenvalue weighted by molar-refractivity contribution is 5.87. The molecule has 0 heterocycles. The molecule has 1 atom stereocenters. The maximum absolute atomic E-state index is 12.5. The Morgan fingerprint density at radius 2 is 1.57 bits per heavy atom. The number of amides is 1. The van der Waals surface area contributed by atoms with Crippen molar-refractivity contribution in [1.29, 1.82) is 0 Å². The molecular weight excluding hydrogens is 262 g/mol. The average molecular weight is 291 g/mol. The Kier molecular flexibility index (Phi) is 5.57. The van der Waals surface area contributed by atoms with Gasteiger partial charge in [0.05, 0.1) is 18.1 Å². The van der Waals surface area contributed by atoms with Crippen molar-refractivity contribution in [2.75, 3.05) is 6.61 Å². The fraction of sp³-hybridized carbons (Fsp3) is 0.611. The van der Waals surface area contributed by atoms with Gasteiger partial charge in [0.25, 0.3) is 0 Å². The first-order valence-electron chi connectivity index (χ1n) is 7.65. The fourth-order valence-electron chi connectivity index (χ4n) is 2.16. The van der Waals surface area contributed by atoms with E-state index in [-0.39, 0.29) is 24.0 Å². The molecule has 0 aliphatic carbocycles. The van der Waals surface area contributed by atoms with E-state index in [1.165, 1.54) is 5.56 Å². The molecule has 0 unspecified atom stereocenters. The van der Waals surface area contributed by atoms with Crippen LogP contribution in [0.25, 0.3) is 0 Å². The number of carbonyl (C=O) groups is 1. The van der Waals surface area contributed by atoms with E-state index in [0.717, 1.165) is 12.0 Å². The average Bonchev–Trinajstić information content (AvgIpc) is 2.43. The Bertz CT molecular complexity index is 465. The third kappa shape index (κ3) is 4.31. The van der Waals surface area contributed by atoms with Crippen LogP contribution in [0.4, 0.5) is 0 Å². The van der Waals surface area contributed by atoms with E-state index < -0.39 is 5.41 Å². The molecule has 0 aliphatic rings. The number of carbonyl (C=O) groups excluding carboxylic acids is 1. The van der Waals surface area contributed by atoms with Gasteiger partial charge in [0, 0.05) is 0 Å². The smallest absolute Gasteiger partial charge is 0.230 e. The van der Waals surface area contributed by atoms with Gasteiger partial charge in [0.1, 0.15) is 0 Å². The van der Waals surface area contributed by atoms with Crippen LogP contribution >= 0.6 is 0 Å². The third-order valence-electron chi connectivity index (χ3n) is 4.09. The third-order valence-corrected chi connectivity index (χ3v) is 4.09. The van der Waals surface area contributed by atoms with Gasteiger partial charge in [-0.15, -0.1) is 0 Å². The van der Waals surface area contributed by atoms with E-state index in [1.54, 1.807) is 0 Å². The highest BCUT2D eigenvalue weighted by Gasteiger charge is 2.31. The second kappa shape index (κ2) is 6.61. The Balaban J connectivity index is 2.94. The number of aliphatic hydroxyl groups is 1. The molecule has 1 rings (SSSR count). The normalized spacial score (nSPS) is 13.9. The Morgan fingerprint density at radius 1 is 1.10 bits per heavy atom. The molecule has 0 spiro atoms. The molecule has 0 aromatic heterocycles. The maximum Gasteiger partial charge on any atom is 0.230 e. The summed E-state index contributed by atoms with van der Waals surface area (Å²) in [5.41, 5.74) is 1.73. The minimum absolute atomic E-state index is 0.0265. The van der Waals surface area contributed by atoms with E-state index in [4.69, 9.17) is 0 Å². The van der Waals surface area contributed by atoms with Crippen LogP contribution in [0.5, 0.6) is 0 Å². The zero-order valence-corrected chi connectivity index (χ0v) is 14.2. The Morgan fingerprint density at radius 3 is 1.95 bits per heavy atom. The van der Waals surface area contributed by atoms with Gasteiger partial charge in [0.15, 0.2) is 0 Å². The van der Waals surface area contributed by atoms with Gasteiger partial charge in [-0.2, -0.15) is 0 Å². The molecule has 3 heteroatoms. The molecule has 118 valence electrons. The lowest BCUT2D eigenvalue weighted by molar-refractivity contribution is -0.126. The van der Waals surface area contributed by atoms with Gasteiger partial charge in [-0.25, -0.2) is 0 Å². The maximum atomic E-state index is 12.5. The molecule has 0 bridgehead atoms. The summed E-state index contributed by atoms with van der Waals surface area (Å²) in [5.74, 6) is -0.0492. The summed E-state index contributed by atoms with van der Waals surface area (Å²) in [6.07, 6.45) is 0.723. The van der Waals surface area contributed by atoms with E-state index in [1.807, 2.05) is 32.9 Å². The number of rotatable bonds is 5. The van der Waals surface area contributed by atoms with Crippen molar-refractivity contribution in [2.24, 2.45) is 0 Å². The summed E-state index contributed by atoms with van der Waals surface area (Å²) >= 11 is 0. The zero-order chi connectivity index (χ0) is 16.3. The lowest BCUT2D eigenvalue weighted by Crippen LogP contribution is -2.46. The van der Waals surface area contributed by atoms with Crippen LogP contribution in [0, 0.1) is 0 Å². The molecule has 0 aliphatic heterocycles. The fourth-order valence-corrected chi connectivity index (χ4v) is 2.16. The largest absolute Gasteiger partial charge is 0.394 e. The molecule has 1 aromatic carbocycles. The summed E-state index contributed by atoms with van der Waals surface area (Å²) in [6, 6.07) is 8.06. The van der Waals surface area contributed by atoms with Crippen LogP contribution in [-0.4, -0.2) is 23.7 Å². The minimum atomic E-state index is -0.612. The van der Waals surface area contributed by atoms with Crippen LogP contribution < -0.4 is 5.32 Å². The van der Waals surface area contributed by atoms with Crippen molar-refractivity contribution in [2.45, 2.75) is 64.8 Å². The van der Waals surface area contributed by atoms with Gasteiger partial charge < -0.3 is 10.4 Å². The van der Waals surface area contributed by atoms with Crippen molar-refractivity contribution in [3.63, 3.8) is 0 Å². The molecule has 21 heavy (non-hydrogen) atoms. The topological polar surface area (TPSA) is 49.3 Å². The molecule has 1 aromatic rings. The minimum Gasteiger partial charge on any atom is -0.394 e. The molecule has 1 amide bonds. The molecule has 0 saturated carbocycles. The van der Waals surface area contributed by atoms with Gasteiger partial charge in [-0.3, -0.25) is 4.79 Å². The first kappa shape index (κ1) is 17.7. The summed E-state index contributed by atoms with van der Waals surface area (Å²) in [4.78, 5) is 12.5. The highest BCUT2D eigenvalue weighted by Crippen LogP contribution is 2.28. The van der Waals surface area contributed by atoms with Gasteiger partial charge in [-0.05, 0) is 36.8 Å². The molecule has 0 radical (unpaired) electrons. The van der Waals surface area contributed by atoms with Crippen LogP contribution in [0.3, 0.4) is 0 Å². The van der Waals surface area contributed by atoms with E-state index in [2.05, 4.69) is 38.2 Å². The Labute approximate surface area is 128 Å². The first-order valence-corrected chi connectivity index (χ1v) is 7.65. The highest BCUT2D eigenvalue weighted by atomic mass is 16.3. The van der Waals surface area contributed by atoms with Crippen molar-refractivity contribution < 1.29 is 9.90 Å². The summed E-state index contributed by atoms with van der Waals surface area (Å²) in [5, 5.41) is 12.1. The number of hydrogen-bond acceptors (Lipinski definition) is 2. The lowest BCUT2D eigenvalue weighted by atomic mass is 9.80. The van der Waals surface area contributed by atoms with Gasteiger partial charge >= 0.3 is 0 Å². The standard InChI is InChI=1S/C18H29NO2/c1-7-15(12-20)19-16(21)18(5,6)14-10-8-13(9-11-14)17(2,3)4/h8-11,15,20H,7,12H2,1-6H3,(H,19,21)/t15-/m0/s1. The molecule has 0 fully saturated rings. The van der Waals surface area contributed by atoms with Crippen molar-refractivity contribution in [3.8, 4) is 0 Å². The predicted octanol–water partition coefficient (Wildman–Crippen LogP) is 3.15. The molecule has 3 nitrogen and oxygen atoms in total. The van der Waals surface area contributed by atoms with Crippen LogP contribution in [0.15, 0.2) is 24.3 Å². The number of hydrogen-bond donors (Lipinski definition) is 2. The second-order valence-electron chi connectivity index (χ2n) is 7.21. The van der Waals surface area contributed by atoms with Crippen molar-refractivity contribution in [1.82, 2.24) is 5.32 Å². The van der Waals surface area contributed by atoms with Crippen molar-refractivity contribution in [3.05, 3.63) is 35.4 Å². The second-order valence-corrected chi connectivity index (χ2v) is 7.21. The summed E-state index contributed by atoms with van der Waals surface area (Å²) in [6.45, 7) is 12.3. The number of aliphatic hydroxyl groups excluding tert-OH is 1. The summed E-state index contributed by atoms with van der Waals surface area (Å²) < 4.78 is 0. The summed E-state index contributed by atoms with van der Waals surface area (Å²) in [7, 11) is 0. The van der Waals surface area contributed by atoms with E-state index in [9.17, 15) is 9.90 Å². The predicted molar refractivity (Wildman–Crippen MR) is 87.5 cm³/mol. The quantitative estimate of drug-likeness (QED) is 0.875. The molecule has 0 saturated heterocycles. The van der Waals surface area contributed by atoms with Crippen molar-refractivity contribution >= 4 is 5.91 Å². The Hall–Kier alpha value is -1.35. The first-order chi connectivity index (χ1) is 9.62. The van der Waals surface area contributed by atoms with Gasteiger partial charge in [-0.1, -0.05) is 52.0 Å². The van der Waals surface area contributed by atoms with Crippen LogP contribution in [0.2, 0.25) is 0 Å². The molecular formula is C18H29NO2. The van der Waals surface area contributed by atoms with E-state index >= 15 is 0 Å². The zero-order valence-electron chi connectivity index (χ0n) is 14.2.